The summed E-state index contributed by atoms with van der Waals surface area (Å²) in [6, 6.07) is 2.11. The van der Waals surface area contributed by atoms with Crippen molar-refractivity contribution in [3.05, 3.63) is 24.0 Å². The predicted molar refractivity (Wildman–Crippen MR) is 78.1 cm³/mol. The van der Waals surface area contributed by atoms with Gasteiger partial charge >= 0.3 is 5.97 Å². The smallest absolute Gasteiger partial charge is 0.339 e. The van der Waals surface area contributed by atoms with Gasteiger partial charge < -0.3 is 5.11 Å². The van der Waals surface area contributed by atoms with E-state index < -0.39 is 5.97 Å². The number of aromatic nitrogens is 4. The number of carboxylic acid groups (broad SMARTS) is 1. The molecule has 3 rings (SSSR count). The summed E-state index contributed by atoms with van der Waals surface area (Å²) in [6.07, 6.45) is 10.4. The maximum atomic E-state index is 11.5. The zero-order valence-corrected chi connectivity index (χ0v) is 12.2. The average molecular weight is 288 g/mol. The molecule has 1 aliphatic carbocycles. The van der Waals surface area contributed by atoms with Gasteiger partial charge in [-0.3, -0.25) is 9.36 Å². The lowest BCUT2D eigenvalue weighted by atomic mass is 10.1. The topological polar surface area (TPSA) is 72.9 Å². The van der Waals surface area contributed by atoms with Crippen LogP contribution in [0.4, 0.5) is 0 Å². The molecule has 1 aliphatic rings. The first-order valence-electron chi connectivity index (χ1n) is 7.47. The van der Waals surface area contributed by atoms with Gasteiger partial charge in [0.05, 0.1) is 11.7 Å². The van der Waals surface area contributed by atoms with Crippen LogP contribution < -0.4 is 0 Å². The van der Waals surface area contributed by atoms with Gasteiger partial charge in [-0.05, 0) is 18.9 Å². The molecule has 2 heterocycles. The van der Waals surface area contributed by atoms with Crippen molar-refractivity contribution in [3.8, 4) is 11.4 Å². The Morgan fingerprint density at radius 2 is 2.00 bits per heavy atom. The van der Waals surface area contributed by atoms with E-state index in [1.54, 1.807) is 30.2 Å². The Morgan fingerprint density at radius 1 is 1.29 bits per heavy atom. The van der Waals surface area contributed by atoms with Crippen LogP contribution in [0.15, 0.2) is 18.5 Å². The minimum absolute atomic E-state index is 0.253. The number of hydrogen-bond acceptors (Lipinski definition) is 3. The molecule has 21 heavy (non-hydrogen) atoms. The van der Waals surface area contributed by atoms with Crippen molar-refractivity contribution in [1.82, 2.24) is 19.6 Å². The van der Waals surface area contributed by atoms with E-state index in [2.05, 4.69) is 10.2 Å². The van der Waals surface area contributed by atoms with Gasteiger partial charge in [0.1, 0.15) is 11.3 Å². The molecular formula is C15H20N4O2. The summed E-state index contributed by atoms with van der Waals surface area (Å²) in [6.45, 7) is 0. The standard InChI is InChI=1S/C15H20N4O2/c1-18-13(8-9-16-18)14-12(15(20)21)10-19(17-14)11-6-4-2-3-5-7-11/h8-11H,2-7H2,1H3,(H,20,21). The zero-order valence-electron chi connectivity index (χ0n) is 12.2. The third kappa shape index (κ3) is 2.70. The van der Waals surface area contributed by atoms with Gasteiger partial charge in [-0.1, -0.05) is 25.7 Å². The Hall–Kier alpha value is -2.11. The molecule has 0 spiro atoms. The van der Waals surface area contributed by atoms with E-state index in [0.29, 0.717) is 11.7 Å². The lowest BCUT2D eigenvalue weighted by molar-refractivity contribution is 0.0697. The Morgan fingerprint density at radius 3 is 2.57 bits per heavy atom. The molecule has 0 unspecified atom stereocenters. The van der Waals surface area contributed by atoms with Gasteiger partial charge in [-0.25, -0.2) is 4.79 Å². The minimum atomic E-state index is -0.939. The summed E-state index contributed by atoms with van der Waals surface area (Å²) in [7, 11) is 1.80. The Balaban J connectivity index is 2.00. The van der Waals surface area contributed by atoms with Crippen LogP contribution in [-0.4, -0.2) is 30.6 Å². The maximum Gasteiger partial charge on any atom is 0.339 e. The molecule has 1 N–H and O–H groups in total. The highest BCUT2D eigenvalue weighted by molar-refractivity contribution is 5.94. The van der Waals surface area contributed by atoms with Crippen molar-refractivity contribution >= 4 is 5.97 Å². The van der Waals surface area contributed by atoms with Crippen LogP contribution in [0.3, 0.4) is 0 Å². The predicted octanol–water partition coefficient (Wildman–Crippen LogP) is 2.88. The number of hydrogen-bond donors (Lipinski definition) is 1. The van der Waals surface area contributed by atoms with E-state index in [4.69, 9.17) is 0 Å². The average Bonchev–Trinajstić information content (AvgIpc) is 2.97. The summed E-state index contributed by atoms with van der Waals surface area (Å²) >= 11 is 0. The van der Waals surface area contributed by atoms with Gasteiger partial charge in [0, 0.05) is 19.4 Å². The van der Waals surface area contributed by atoms with E-state index in [1.165, 1.54) is 25.7 Å². The van der Waals surface area contributed by atoms with E-state index in [0.717, 1.165) is 18.5 Å². The lowest BCUT2D eigenvalue weighted by Crippen LogP contribution is -2.09. The van der Waals surface area contributed by atoms with Gasteiger partial charge in [0.25, 0.3) is 0 Å². The monoisotopic (exact) mass is 288 g/mol. The second-order valence-electron chi connectivity index (χ2n) is 5.66. The second kappa shape index (κ2) is 5.71. The van der Waals surface area contributed by atoms with E-state index in [1.807, 2.05) is 4.68 Å². The number of carboxylic acids is 1. The summed E-state index contributed by atoms with van der Waals surface area (Å²) < 4.78 is 3.52. The highest BCUT2D eigenvalue weighted by atomic mass is 16.4. The highest BCUT2D eigenvalue weighted by Gasteiger charge is 2.23. The third-order valence-corrected chi connectivity index (χ3v) is 4.22. The van der Waals surface area contributed by atoms with Crippen LogP contribution in [0.1, 0.15) is 54.9 Å². The van der Waals surface area contributed by atoms with E-state index in [-0.39, 0.29) is 5.56 Å². The van der Waals surface area contributed by atoms with Gasteiger partial charge in [-0.15, -0.1) is 0 Å². The summed E-state index contributed by atoms with van der Waals surface area (Å²) in [5, 5.41) is 18.1. The molecule has 0 radical (unpaired) electrons. The maximum absolute atomic E-state index is 11.5. The number of nitrogens with zero attached hydrogens (tertiary/aromatic N) is 4. The molecule has 0 bridgehead atoms. The molecule has 2 aromatic rings. The van der Waals surface area contributed by atoms with Crippen molar-refractivity contribution < 1.29 is 9.90 Å². The van der Waals surface area contributed by atoms with E-state index >= 15 is 0 Å². The van der Waals surface area contributed by atoms with Gasteiger partial charge in [0.2, 0.25) is 0 Å². The normalized spacial score (nSPS) is 16.8. The number of aromatic carboxylic acids is 1. The van der Waals surface area contributed by atoms with E-state index in [9.17, 15) is 9.90 Å². The van der Waals surface area contributed by atoms with Gasteiger partial charge in [-0.2, -0.15) is 10.2 Å². The molecular weight excluding hydrogens is 268 g/mol. The van der Waals surface area contributed by atoms with Crippen molar-refractivity contribution in [2.45, 2.75) is 44.6 Å². The molecule has 1 saturated carbocycles. The van der Waals surface area contributed by atoms with Crippen LogP contribution >= 0.6 is 0 Å². The Labute approximate surface area is 123 Å². The van der Waals surface area contributed by atoms with Crippen molar-refractivity contribution in [2.75, 3.05) is 0 Å². The molecule has 112 valence electrons. The largest absolute Gasteiger partial charge is 0.478 e. The summed E-state index contributed by atoms with van der Waals surface area (Å²) in [5.41, 5.74) is 1.49. The minimum Gasteiger partial charge on any atom is -0.478 e. The Bertz CT molecular complexity index is 636. The number of carbonyl (C=O) groups is 1. The van der Waals surface area contributed by atoms with Crippen molar-refractivity contribution in [3.63, 3.8) is 0 Å². The summed E-state index contributed by atoms with van der Waals surface area (Å²) in [4.78, 5) is 11.5. The van der Waals surface area contributed by atoms with Gasteiger partial charge in [0.15, 0.2) is 0 Å². The fourth-order valence-electron chi connectivity index (χ4n) is 3.05. The van der Waals surface area contributed by atoms with Crippen LogP contribution in [0.5, 0.6) is 0 Å². The Kier molecular flexibility index (Phi) is 3.77. The van der Waals surface area contributed by atoms with Crippen molar-refractivity contribution in [2.24, 2.45) is 7.05 Å². The highest BCUT2D eigenvalue weighted by Crippen LogP contribution is 2.29. The lowest BCUT2D eigenvalue weighted by Gasteiger charge is -2.14. The fraction of sp³-hybridized carbons (Fsp3) is 0.533. The molecule has 0 aliphatic heterocycles. The molecule has 0 atom stereocenters. The second-order valence-corrected chi connectivity index (χ2v) is 5.66. The molecule has 6 heteroatoms. The number of aryl methyl sites for hydroxylation is 1. The fourth-order valence-corrected chi connectivity index (χ4v) is 3.05. The number of rotatable bonds is 3. The molecule has 6 nitrogen and oxygen atoms in total. The third-order valence-electron chi connectivity index (χ3n) is 4.22. The van der Waals surface area contributed by atoms with Crippen LogP contribution in [0.25, 0.3) is 11.4 Å². The SMILES string of the molecule is Cn1nccc1-c1nn(C2CCCCCC2)cc1C(=O)O. The molecule has 0 saturated heterocycles. The first-order chi connectivity index (χ1) is 10.2. The molecule has 0 aromatic carbocycles. The van der Waals surface area contributed by atoms with Crippen LogP contribution in [-0.2, 0) is 7.05 Å². The van der Waals surface area contributed by atoms with Crippen LogP contribution in [0, 0.1) is 0 Å². The van der Waals surface area contributed by atoms with Crippen molar-refractivity contribution in [1.29, 1.82) is 0 Å². The molecule has 1 fully saturated rings. The molecule has 0 amide bonds. The summed E-state index contributed by atoms with van der Waals surface area (Å²) in [5.74, 6) is -0.939. The quantitative estimate of drug-likeness (QED) is 0.881. The first kappa shape index (κ1) is 13.9. The molecule has 2 aromatic heterocycles. The first-order valence-corrected chi connectivity index (χ1v) is 7.47. The van der Waals surface area contributed by atoms with Crippen LogP contribution in [0.2, 0.25) is 0 Å². The zero-order chi connectivity index (χ0) is 14.8.